The Bertz CT molecular complexity index is 2860. The van der Waals surface area contributed by atoms with Crippen molar-refractivity contribution in [3.8, 4) is 22.3 Å². The standard InChI is InChI=1S/C52H37NS/c1-51(2)44-19-9-11-21-46(44)52(47-22-12-10-20-45(47)51)43-18-8-6-16-39(43)40-30-28-38(33-48(40)52)53(36-26-24-35(25-27-36)34-14-4-3-5-15-34)37-29-31-50-42(32-37)41-17-7-13-23-49(41)54-50/h3-33H,1-2H3. The molecule has 2 aliphatic rings. The van der Waals surface area contributed by atoms with Crippen LogP contribution in [0.4, 0.5) is 17.1 Å². The monoisotopic (exact) mass is 707 g/mol. The molecular weight excluding hydrogens is 671 g/mol. The van der Waals surface area contributed by atoms with E-state index in [2.05, 4.69) is 207 Å². The van der Waals surface area contributed by atoms with Crippen molar-refractivity contribution in [1.29, 1.82) is 0 Å². The van der Waals surface area contributed by atoms with Crippen molar-refractivity contribution >= 4 is 48.6 Å². The van der Waals surface area contributed by atoms with Crippen LogP contribution in [0.2, 0.25) is 0 Å². The lowest BCUT2D eigenvalue weighted by molar-refractivity contribution is 0.563. The highest BCUT2D eigenvalue weighted by Gasteiger charge is 2.53. The van der Waals surface area contributed by atoms with Crippen LogP contribution in [0, 0.1) is 0 Å². The van der Waals surface area contributed by atoms with E-state index in [4.69, 9.17) is 0 Å². The molecule has 8 aromatic carbocycles. The molecule has 1 nitrogen and oxygen atoms in total. The second-order valence-corrected chi connectivity index (χ2v) is 16.4. The second-order valence-electron chi connectivity index (χ2n) is 15.3. The van der Waals surface area contributed by atoms with E-state index < -0.39 is 5.41 Å². The fraction of sp³-hybridized carbons (Fsp3) is 0.0769. The van der Waals surface area contributed by atoms with Gasteiger partial charge >= 0.3 is 0 Å². The molecule has 0 saturated carbocycles. The van der Waals surface area contributed by atoms with Gasteiger partial charge in [0.25, 0.3) is 0 Å². The molecule has 1 aromatic heterocycles. The molecule has 256 valence electrons. The van der Waals surface area contributed by atoms with Crippen LogP contribution in [0.5, 0.6) is 0 Å². The molecule has 0 aliphatic heterocycles. The second kappa shape index (κ2) is 11.6. The Balaban J connectivity index is 1.18. The number of rotatable bonds is 4. The van der Waals surface area contributed by atoms with Gasteiger partial charge in [-0.25, -0.2) is 0 Å². The molecule has 0 amide bonds. The van der Waals surface area contributed by atoms with Crippen molar-refractivity contribution in [1.82, 2.24) is 0 Å². The minimum atomic E-state index is -0.457. The maximum Gasteiger partial charge on any atom is 0.0720 e. The summed E-state index contributed by atoms with van der Waals surface area (Å²) in [6, 6.07) is 70.2. The van der Waals surface area contributed by atoms with Gasteiger partial charge in [-0.15, -0.1) is 11.3 Å². The third-order valence-electron chi connectivity index (χ3n) is 12.1. The van der Waals surface area contributed by atoms with Gasteiger partial charge in [-0.3, -0.25) is 0 Å². The molecule has 1 heterocycles. The smallest absolute Gasteiger partial charge is 0.0720 e. The molecule has 0 saturated heterocycles. The van der Waals surface area contributed by atoms with Gasteiger partial charge in [-0.05, 0) is 104 Å². The van der Waals surface area contributed by atoms with E-state index in [1.165, 1.54) is 75.8 Å². The summed E-state index contributed by atoms with van der Waals surface area (Å²) in [4.78, 5) is 2.46. The summed E-state index contributed by atoms with van der Waals surface area (Å²) in [6.45, 7) is 4.78. The van der Waals surface area contributed by atoms with Crippen LogP contribution in [0.25, 0.3) is 42.4 Å². The maximum absolute atomic E-state index is 2.50. The van der Waals surface area contributed by atoms with Crippen LogP contribution in [0.15, 0.2) is 188 Å². The Hall–Kier alpha value is -6.22. The SMILES string of the molecule is CC1(C)c2ccccc2C2(c3ccccc3-c3ccc(N(c4ccc(-c5ccccc5)cc4)c4ccc5sc6ccccc6c5c4)cc32)c2ccccc21. The van der Waals surface area contributed by atoms with Crippen LogP contribution in [-0.4, -0.2) is 0 Å². The molecule has 54 heavy (non-hydrogen) atoms. The van der Waals surface area contributed by atoms with Crippen LogP contribution in [-0.2, 0) is 10.8 Å². The quantitative estimate of drug-likeness (QED) is 0.176. The van der Waals surface area contributed by atoms with Gasteiger partial charge < -0.3 is 4.90 Å². The molecule has 11 rings (SSSR count). The molecule has 0 N–H and O–H groups in total. The Morgan fingerprint density at radius 3 is 1.63 bits per heavy atom. The number of fused-ring (bicyclic) bond motifs is 12. The Morgan fingerprint density at radius 2 is 0.889 bits per heavy atom. The van der Waals surface area contributed by atoms with E-state index in [1.54, 1.807) is 0 Å². The van der Waals surface area contributed by atoms with Gasteiger partial charge in [-0.1, -0.05) is 153 Å². The lowest BCUT2D eigenvalue weighted by atomic mass is 9.55. The fourth-order valence-corrected chi connectivity index (χ4v) is 10.8. The average Bonchev–Trinajstić information content (AvgIpc) is 3.74. The van der Waals surface area contributed by atoms with Gasteiger partial charge in [0.05, 0.1) is 5.41 Å². The zero-order valence-corrected chi connectivity index (χ0v) is 31.1. The van der Waals surface area contributed by atoms with Gasteiger partial charge in [0.15, 0.2) is 0 Å². The first-order valence-electron chi connectivity index (χ1n) is 18.8. The van der Waals surface area contributed by atoms with Crippen molar-refractivity contribution in [2.45, 2.75) is 24.7 Å². The summed E-state index contributed by atoms with van der Waals surface area (Å²) < 4.78 is 2.62. The topological polar surface area (TPSA) is 3.24 Å². The van der Waals surface area contributed by atoms with E-state index in [9.17, 15) is 0 Å². The first-order valence-corrected chi connectivity index (χ1v) is 19.7. The number of thiophene rings is 1. The predicted octanol–water partition coefficient (Wildman–Crippen LogP) is 14.2. The van der Waals surface area contributed by atoms with E-state index in [1.807, 2.05) is 11.3 Å². The first-order chi connectivity index (χ1) is 26.5. The van der Waals surface area contributed by atoms with Crippen LogP contribution in [0.1, 0.15) is 47.2 Å². The summed E-state index contributed by atoms with van der Waals surface area (Å²) in [5, 5.41) is 2.60. The predicted molar refractivity (Wildman–Crippen MR) is 229 cm³/mol. The van der Waals surface area contributed by atoms with Crippen LogP contribution >= 0.6 is 11.3 Å². The summed E-state index contributed by atoms with van der Waals surface area (Å²) in [6.07, 6.45) is 0. The van der Waals surface area contributed by atoms with E-state index in [0.29, 0.717) is 0 Å². The molecule has 2 aliphatic carbocycles. The number of anilines is 3. The largest absolute Gasteiger partial charge is 0.310 e. The van der Waals surface area contributed by atoms with E-state index in [0.717, 1.165) is 17.1 Å². The average molecular weight is 708 g/mol. The van der Waals surface area contributed by atoms with Crippen LogP contribution in [0.3, 0.4) is 0 Å². The minimum absolute atomic E-state index is 0.140. The highest BCUT2D eigenvalue weighted by atomic mass is 32.1. The number of benzene rings is 8. The molecule has 0 unspecified atom stereocenters. The maximum atomic E-state index is 2.50. The number of nitrogens with zero attached hydrogens (tertiary/aromatic N) is 1. The van der Waals surface area contributed by atoms with Crippen molar-refractivity contribution in [3.05, 3.63) is 221 Å². The Labute approximate surface area is 320 Å². The molecule has 1 spiro atoms. The van der Waals surface area contributed by atoms with E-state index >= 15 is 0 Å². The number of hydrogen-bond donors (Lipinski definition) is 0. The molecule has 0 fully saturated rings. The molecule has 2 heteroatoms. The number of hydrogen-bond acceptors (Lipinski definition) is 2. The molecule has 0 atom stereocenters. The Kier molecular flexibility index (Phi) is 6.75. The third-order valence-corrected chi connectivity index (χ3v) is 13.3. The lowest BCUT2D eigenvalue weighted by Gasteiger charge is -2.46. The Morgan fingerprint density at radius 1 is 0.370 bits per heavy atom. The van der Waals surface area contributed by atoms with Gasteiger partial charge in [0, 0.05) is 42.6 Å². The molecule has 0 radical (unpaired) electrons. The molecule has 0 bridgehead atoms. The van der Waals surface area contributed by atoms with Crippen molar-refractivity contribution in [3.63, 3.8) is 0 Å². The summed E-state index contributed by atoms with van der Waals surface area (Å²) in [5.74, 6) is 0. The zero-order valence-electron chi connectivity index (χ0n) is 30.3. The van der Waals surface area contributed by atoms with Gasteiger partial charge in [0.1, 0.15) is 0 Å². The highest BCUT2D eigenvalue weighted by Crippen LogP contribution is 2.62. The fourth-order valence-electron chi connectivity index (χ4n) is 9.72. The lowest BCUT2D eigenvalue weighted by Crippen LogP contribution is -2.40. The summed E-state index contributed by atoms with van der Waals surface area (Å²) >= 11 is 1.87. The van der Waals surface area contributed by atoms with Gasteiger partial charge in [0.2, 0.25) is 0 Å². The molecule has 9 aromatic rings. The third kappa shape index (κ3) is 4.32. The highest BCUT2D eigenvalue weighted by molar-refractivity contribution is 7.25. The zero-order chi connectivity index (χ0) is 36.0. The van der Waals surface area contributed by atoms with Crippen molar-refractivity contribution in [2.75, 3.05) is 4.90 Å². The van der Waals surface area contributed by atoms with Crippen molar-refractivity contribution < 1.29 is 0 Å². The first kappa shape index (κ1) is 31.3. The normalized spacial score (nSPS) is 14.4. The van der Waals surface area contributed by atoms with Gasteiger partial charge in [-0.2, -0.15) is 0 Å². The summed E-state index contributed by atoms with van der Waals surface area (Å²) in [7, 11) is 0. The minimum Gasteiger partial charge on any atom is -0.310 e. The molecular formula is C52H37NS. The van der Waals surface area contributed by atoms with Crippen LogP contribution < -0.4 is 4.90 Å². The summed E-state index contributed by atoms with van der Waals surface area (Å²) in [5.41, 5.74) is 16.1. The van der Waals surface area contributed by atoms with Crippen molar-refractivity contribution in [2.24, 2.45) is 0 Å². The van der Waals surface area contributed by atoms with E-state index in [-0.39, 0.29) is 5.41 Å².